The van der Waals surface area contributed by atoms with Gasteiger partial charge < -0.3 is 19.3 Å². The minimum absolute atomic E-state index is 0.109. The predicted octanol–water partition coefficient (Wildman–Crippen LogP) is 2.64. The lowest BCUT2D eigenvalue weighted by atomic mass is 9.91. The minimum atomic E-state index is -2.52. The van der Waals surface area contributed by atoms with Gasteiger partial charge in [0.1, 0.15) is 0 Å². The van der Waals surface area contributed by atoms with Gasteiger partial charge in [0.2, 0.25) is 0 Å². The summed E-state index contributed by atoms with van der Waals surface area (Å²) in [7, 11) is -1.03. The van der Waals surface area contributed by atoms with E-state index in [2.05, 4.69) is 4.90 Å². The molecule has 5 heteroatoms. The molecular formula is C20H31NO4. The fourth-order valence-electron chi connectivity index (χ4n) is 3.92. The summed E-state index contributed by atoms with van der Waals surface area (Å²) in [6.45, 7) is 1.68. The van der Waals surface area contributed by atoms with Gasteiger partial charge in [-0.1, -0.05) is 18.9 Å². The molecule has 1 saturated heterocycles. The summed E-state index contributed by atoms with van der Waals surface area (Å²) in [5, 5.41) is 9.98. The highest BCUT2D eigenvalue weighted by Crippen LogP contribution is 2.30. The first-order chi connectivity index (χ1) is 13.7. The second kappa shape index (κ2) is 8.88. The van der Waals surface area contributed by atoms with Crippen molar-refractivity contribution >= 4 is 0 Å². The molecule has 0 spiro atoms. The number of ether oxygens (including phenoxy) is 3. The summed E-state index contributed by atoms with van der Waals surface area (Å²) < 4.78 is 46.0. The summed E-state index contributed by atoms with van der Waals surface area (Å²) in [5.74, 6) is 0.586. The Bertz CT molecular complexity index is 683. The molecule has 0 radical (unpaired) electrons. The molecule has 3 rings (SSSR count). The first-order valence-corrected chi connectivity index (χ1v) is 9.11. The number of nitrogens with zero attached hydrogens (tertiary/aromatic N) is 1. The van der Waals surface area contributed by atoms with Crippen molar-refractivity contribution in [2.24, 2.45) is 0 Å². The molecule has 1 N–H and O–H groups in total. The monoisotopic (exact) mass is 353 g/mol. The molecule has 1 saturated carbocycles. The Morgan fingerprint density at radius 3 is 2.88 bits per heavy atom. The Morgan fingerprint density at radius 2 is 2.12 bits per heavy atom. The number of rotatable bonds is 7. The van der Waals surface area contributed by atoms with Crippen LogP contribution in [-0.2, 0) is 11.2 Å². The molecule has 25 heavy (non-hydrogen) atoms. The molecule has 3 atom stereocenters. The number of likely N-dealkylation sites (tertiary alicyclic amines) is 1. The zero-order valence-electron chi connectivity index (χ0n) is 18.9. The van der Waals surface area contributed by atoms with Crippen molar-refractivity contribution in [1.82, 2.24) is 4.90 Å². The lowest BCUT2D eigenvalue weighted by Gasteiger charge is -2.37. The van der Waals surface area contributed by atoms with Crippen molar-refractivity contribution in [3.8, 4) is 11.5 Å². The van der Waals surface area contributed by atoms with E-state index in [4.69, 9.17) is 19.7 Å². The minimum Gasteiger partial charge on any atom is -0.493 e. The van der Waals surface area contributed by atoms with Crippen LogP contribution in [0.1, 0.15) is 43.2 Å². The fourth-order valence-corrected chi connectivity index (χ4v) is 3.92. The molecule has 1 aliphatic heterocycles. The lowest BCUT2D eigenvalue weighted by Crippen LogP contribution is -2.46. The fraction of sp³-hybridized carbons (Fsp3) is 0.700. The highest BCUT2D eigenvalue weighted by Gasteiger charge is 2.34. The SMILES string of the molecule is [2H]C1(O)CCN([C@@H]2CCCC[C@H]2OCCc2ccc(OC([2H])([2H])[2H])c(OC)c2)C1. The molecule has 5 nitrogen and oxygen atoms in total. The van der Waals surface area contributed by atoms with Gasteiger partial charge in [-0.3, -0.25) is 4.90 Å². The third kappa shape index (κ3) is 4.66. The van der Waals surface area contributed by atoms with Gasteiger partial charge in [0, 0.05) is 19.1 Å². The number of hydrogen-bond donors (Lipinski definition) is 1. The number of hydrogen-bond acceptors (Lipinski definition) is 5. The van der Waals surface area contributed by atoms with Crippen LogP contribution in [0.15, 0.2) is 18.2 Å². The normalized spacial score (nSPS) is 33.2. The molecule has 1 unspecified atom stereocenters. The Labute approximate surface area is 156 Å². The summed E-state index contributed by atoms with van der Waals surface area (Å²) in [4.78, 5) is 2.21. The third-order valence-electron chi connectivity index (χ3n) is 5.27. The Balaban J connectivity index is 1.55. The van der Waals surface area contributed by atoms with E-state index >= 15 is 0 Å². The summed E-state index contributed by atoms with van der Waals surface area (Å²) in [5.41, 5.74) is 0.980. The third-order valence-corrected chi connectivity index (χ3v) is 5.27. The highest BCUT2D eigenvalue weighted by molar-refractivity contribution is 5.42. The van der Waals surface area contributed by atoms with E-state index in [0.717, 1.165) is 37.8 Å². The van der Waals surface area contributed by atoms with Crippen LogP contribution in [0.2, 0.25) is 0 Å². The van der Waals surface area contributed by atoms with Gasteiger partial charge in [-0.05, 0) is 43.4 Å². The van der Waals surface area contributed by atoms with Gasteiger partial charge in [-0.15, -0.1) is 0 Å². The quantitative estimate of drug-likeness (QED) is 0.817. The molecule has 2 aliphatic rings. The van der Waals surface area contributed by atoms with E-state index < -0.39 is 13.1 Å². The van der Waals surface area contributed by atoms with Gasteiger partial charge in [-0.2, -0.15) is 0 Å². The second-order valence-corrected chi connectivity index (χ2v) is 6.89. The molecule has 0 aromatic heterocycles. The van der Waals surface area contributed by atoms with Crippen molar-refractivity contribution < 1.29 is 24.8 Å². The molecule has 1 heterocycles. The van der Waals surface area contributed by atoms with Crippen LogP contribution in [-0.4, -0.2) is 62.1 Å². The predicted molar refractivity (Wildman–Crippen MR) is 97.4 cm³/mol. The van der Waals surface area contributed by atoms with Crippen molar-refractivity contribution in [1.29, 1.82) is 0 Å². The van der Waals surface area contributed by atoms with E-state index in [1.54, 1.807) is 12.1 Å². The summed E-state index contributed by atoms with van der Waals surface area (Å²) >= 11 is 0. The van der Waals surface area contributed by atoms with Crippen LogP contribution < -0.4 is 9.47 Å². The van der Waals surface area contributed by atoms with Crippen LogP contribution in [0.25, 0.3) is 0 Å². The first kappa shape index (κ1) is 13.8. The Morgan fingerprint density at radius 1 is 1.24 bits per heavy atom. The number of β-amino-alcohol motifs (C(OH)–C–C–N with tert-alkyl or cyclic N) is 1. The molecule has 1 aromatic rings. The van der Waals surface area contributed by atoms with Gasteiger partial charge >= 0.3 is 0 Å². The number of benzene rings is 1. The van der Waals surface area contributed by atoms with E-state index in [1.807, 2.05) is 6.07 Å². The van der Waals surface area contributed by atoms with Crippen molar-refractivity contribution in [3.63, 3.8) is 0 Å². The first-order valence-electron chi connectivity index (χ1n) is 11.1. The van der Waals surface area contributed by atoms with Crippen molar-refractivity contribution in [2.45, 2.75) is 56.8 Å². The van der Waals surface area contributed by atoms with Crippen LogP contribution in [0, 0.1) is 0 Å². The molecule has 140 valence electrons. The van der Waals surface area contributed by atoms with Crippen LogP contribution in [0.4, 0.5) is 0 Å². The van der Waals surface area contributed by atoms with E-state index in [1.165, 1.54) is 7.11 Å². The average molecular weight is 353 g/mol. The summed E-state index contributed by atoms with van der Waals surface area (Å²) in [6.07, 6.45) is 4.25. The van der Waals surface area contributed by atoms with Crippen LogP contribution in [0.5, 0.6) is 11.5 Å². The molecular weight excluding hydrogens is 318 g/mol. The molecule has 1 aliphatic carbocycles. The topological polar surface area (TPSA) is 51.2 Å². The maximum Gasteiger partial charge on any atom is 0.160 e. The zero-order valence-corrected chi connectivity index (χ0v) is 14.9. The largest absolute Gasteiger partial charge is 0.493 e. The van der Waals surface area contributed by atoms with Crippen LogP contribution >= 0.6 is 0 Å². The van der Waals surface area contributed by atoms with Gasteiger partial charge in [0.05, 0.1) is 38.4 Å². The molecule has 2 fully saturated rings. The molecule has 1 aromatic carbocycles. The molecule has 0 amide bonds. The van der Waals surface area contributed by atoms with Gasteiger partial charge in [-0.25, -0.2) is 0 Å². The van der Waals surface area contributed by atoms with Crippen LogP contribution in [0.3, 0.4) is 0 Å². The van der Waals surface area contributed by atoms with Crippen molar-refractivity contribution in [3.05, 3.63) is 23.8 Å². The second-order valence-electron chi connectivity index (χ2n) is 6.89. The van der Waals surface area contributed by atoms with Crippen molar-refractivity contribution in [2.75, 3.05) is 33.8 Å². The average Bonchev–Trinajstić information content (AvgIpc) is 3.01. The maximum absolute atomic E-state index is 9.98. The number of methoxy groups -OCH3 is 2. The van der Waals surface area contributed by atoms with E-state index in [0.29, 0.717) is 31.7 Å². The van der Waals surface area contributed by atoms with Gasteiger partial charge in [0.15, 0.2) is 11.5 Å². The maximum atomic E-state index is 9.98. The standard InChI is InChI=1S/C20H31NO4/c1-23-19-8-7-15(13-20(19)24-2)10-12-25-18-6-4-3-5-17(18)21-11-9-16(22)14-21/h7-8,13,16-18,22H,3-6,9-12,14H2,1-2H3/t16?,17-,18-/m1/s1/i1D3,16D. The van der Waals surface area contributed by atoms with E-state index in [9.17, 15) is 5.11 Å². The zero-order chi connectivity index (χ0) is 21.1. The Kier molecular flexibility index (Phi) is 4.92. The van der Waals surface area contributed by atoms with Gasteiger partial charge in [0.25, 0.3) is 0 Å². The smallest absolute Gasteiger partial charge is 0.160 e. The summed E-state index contributed by atoms with van der Waals surface area (Å²) in [6, 6.07) is 5.48. The molecule has 0 bridgehead atoms. The highest BCUT2D eigenvalue weighted by atomic mass is 16.5. The number of aliphatic hydroxyl groups is 1. The van der Waals surface area contributed by atoms with E-state index in [-0.39, 0.29) is 17.9 Å². The lowest BCUT2D eigenvalue weighted by molar-refractivity contribution is -0.0316. The Hall–Kier alpha value is -1.30.